The molecule has 2 aromatic rings. The number of amides is 1. The van der Waals surface area contributed by atoms with Gasteiger partial charge in [-0.15, -0.1) is 10.2 Å². The normalized spacial score (nSPS) is 13.6. The van der Waals surface area contributed by atoms with Gasteiger partial charge in [0.25, 0.3) is 11.7 Å². The van der Waals surface area contributed by atoms with E-state index in [2.05, 4.69) is 15.5 Å². The van der Waals surface area contributed by atoms with Gasteiger partial charge in [-0.3, -0.25) is 9.59 Å². The second-order valence-corrected chi connectivity index (χ2v) is 6.18. The van der Waals surface area contributed by atoms with Crippen molar-refractivity contribution in [2.75, 3.05) is 5.32 Å². The van der Waals surface area contributed by atoms with E-state index in [1.165, 1.54) is 23.1 Å². The van der Waals surface area contributed by atoms with Gasteiger partial charge in [0.2, 0.25) is 0 Å². The van der Waals surface area contributed by atoms with Crippen LogP contribution in [0.25, 0.3) is 0 Å². The fourth-order valence-electron chi connectivity index (χ4n) is 1.61. The molecule has 0 unspecified atom stereocenters. The largest absolute Gasteiger partial charge is 0.318 e. The first-order valence-electron chi connectivity index (χ1n) is 5.11. The lowest BCUT2D eigenvalue weighted by Crippen LogP contribution is -2.12. The van der Waals surface area contributed by atoms with Crippen LogP contribution in [0.2, 0.25) is 0 Å². The first kappa shape index (κ1) is 11.4. The van der Waals surface area contributed by atoms with Crippen LogP contribution >= 0.6 is 23.1 Å². The molecule has 0 radical (unpaired) electrons. The van der Waals surface area contributed by atoms with Crippen LogP contribution in [0.5, 0.6) is 0 Å². The molecule has 1 N–H and O–H groups in total. The van der Waals surface area contributed by atoms with Crippen molar-refractivity contribution in [3.8, 4) is 0 Å². The number of nitrogens with one attached hydrogen (secondary N) is 1. The number of hydrogen-bond acceptors (Lipinski definition) is 6. The number of aromatic nitrogens is 2. The fourth-order valence-corrected chi connectivity index (χ4v) is 3.44. The molecule has 1 aromatic heterocycles. The molecule has 90 valence electrons. The highest BCUT2D eigenvalue weighted by molar-refractivity contribution is 8.01. The van der Waals surface area contributed by atoms with Gasteiger partial charge in [0.05, 0.1) is 11.3 Å². The highest BCUT2D eigenvalue weighted by Crippen LogP contribution is 2.34. The van der Waals surface area contributed by atoms with Crippen molar-refractivity contribution in [3.63, 3.8) is 0 Å². The van der Waals surface area contributed by atoms with E-state index in [-0.39, 0.29) is 0 Å². The summed E-state index contributed by atoms with van der Waals surface area (Å²) >= 11 is 2.96. The molecule has 1 aliphatic rings. The molecule has 0 aliphatic carbocycles. The van der Waals surface area contributed by atoms with Gasteiger partial charge in [-0.05, 0) is 25.1 Å². The second-order valence-electron chi connectivity index (χ2n) is 3.68. The van der Waals surface area contributed by atoms with Crippen molar-refractivity contribution in [2.45, 2.75) is 16.2 Å². The molecule has 0 saturated carbocycles. The maximum Gasteiger partial charge on any atom is 0.296 e. The van der Waals surface area contributed by atoms with Crippen LogP contribution in [-0.2, 0) is 4.79 Å². The molecule has 1 aromatic carbocycles. The average Bonchev–Trinajstić information content (AvgIpc) is 2.85. The number of fused-ring (bicyclic) bond motifs is 1. The highest BCUT2D eigenvalue weighted by atomic mass is 32.2. The summed E-state index contributed by atoms with van der Waals surface area (Å²) in [6.45, 7) is 1.89. The summed E-state index contributed by atoms with van der Waals surface area (Å²) < 4.78 is 0.836. The first-order valence-corrected chi connectivity index (χ1v) is 6.74. The number of Topliss-reactive ketones (excluding diaryl/α,β-unsaturated/α-hetero) is 1. The summed E-state index contributed by atoms with van der Waals surface area (Å²) in [4.78, 5) is 23.6. The van der Waals surface area contributed by atoms with Gasteiger partial charge in [0.1, 0.15) is 5.01 Å². The quantitative estimate of drug-likeness (QED) is 0.851. The zero-order valence-corrected chi connectivity index (χ0v) is 10.9. The Balaban J connectivity index is 1.90. The number of ketones is 1. The standard InChI is InChI=1S/C11H7N3O2S2/c1-5-13-14-11(17-5)18-6-2-3-7-8(4-6)12-10(16)9(7)15/h2-4H,1H3,(H,12,15,16). The zero-order valence-electron chi connectivity index (χ0n) is 9.26. The van der Waals surface area contributed by atoms with E-state index in [4.69, 9.17) is 0 Å². The molecular formula is C11H7N3O2S2. The maximum absolute atomic E-state index is 11.4. The molecule has 2 heterocycles. The molecule has 0 atom stereocenters. The topological polar surface area (TPSA) is 72.0 Å². The molecule has 0 saturated heterocycles. The lowest BCUT2D eigenvalue weighted by atomic mass is 10.1. The average molecular weight is 277 g/mol. The first-order chi connectivity index (χ1) is 8.63. The predicted molar refractivity (Wildman–Crippen MR) is 68.2 cm³/mol. The van der Waals surface area contributed by atoms with E-state index in [1.807, 2.05) is 6.92 Å². The van der Waals surface area contributed by atoms with E-state index < -0.39 is 11.7 Å². The van der Waals surface area contributed by atoms with Crippen molar-refractivity contribution in [1.82, 2.24) is 10.2 Å². The van der Waals surface area contributed by atoms with Gasteiger partial charge in [-0.25, -0.2) is 0 Å². The van der Waals surface area contributed by atoms with Gasteiger partial charge in [0.15, 0.2) is 4.34 Å². The minimum absolute atomic E-state index is 0.429. The zero-order chi connectivity index (χ0) is 12.7. The van der Waals surface area contributed by atoms with Crippen LogP contribution in [0.15, 0.2) is 27.4 Å². The minimum Gasteiger partial charge on any atom is -0.318 e. The number of carbonyl (C=O) groups is 2. The Morgan fingerprint density at radius 3 is 2.83 bits per heavy atom. The molecule has 1 amide bonds. The molecule has 0 bridgehead atoms. The lowest BCUT2D eigenvalue weighted by Gasteiger charge is -2.00. The van der Waals surface area contributed by atoms with Crippen molar-refractivity contribution < 1.29 is 9.59 Å². The van der Waals surface area contributed by atoms with E-state index in [9.17, 15) is 9.59 Å². The van der Waals surface area contributed by atoms with Crippen molar-refractivity contribution in [2.24, 2.45) is 0 Å². The van der Waals surface area contributed by atoms with Gasteiger partial charge in [-0.2, -0.15) is 0 Å². The number of benzene rings is 1. The van der Waals surface area contributed by atoms with Gasteiger partial charge in [-0.1, -0.05) is 23.1 Å². The van der Waals surface area contributed by atoms with Crippen LogP contribution in [0.4, 0.5) is 5.69 Å². The number of rotatable bonds is 2. The van der Waals surface area contributed by atoms with Crippen LogP contribution in [0, 0.1) is 6.92 Å². The highest BCUT2D eigenvalue weighted by Gasteiger charge is 2.27. The number of hydrogen-bond donors (Lipinski definition) is 1. The second kappa shape index (κ2) is 4.18. The van der Waals surface area contributed by atoms with Crippen LogP contribution in [0.1, 0.15) is 15.4 Å². The molecule has 0 fully saturated rings. The summed E-state index contributed by atoms with van der Waals surface area (Å²) in [6.07, 6.45) is 0. The third-order valence-corrected chi connectivity index (χ3v) is 4.28. The third kappa shape index (κ3) is 1.91. The van der Waals surface area contributed by atoms with Gasteiger partial charge in [0, 0.05) is 4.90 Å². The summed E-state index contributed by atoms with van der Waals surface area (Å²) in [5.41, 5.74) is 0.994. The minimum atomic E-state index is -0.570. The van der Waals surface area contributed by atoms with Gasteiger partial charge >= 0.3 is 0 Å². The van der Waals surface area contributed by atoms with E-state index in [0.29, 0.717) is 11.3 Å². The van der Waals surface area contributed by atoms with E-state index in [0.717, 1.165) is 14.2 Å². The van der Waals surface area contributed by atoms with Crippen LogP contribution in [0.3, 0.4) is 0 Å². The predicted octanol–water partition coefficient (Wildman–Crippen LogP) is 2.13. The molecule has 0 spiro atoms. The maximum atomic E-state index is 11.4. The van der Waals surface area contributed by atoms with Crippen LogP contribution in [-0.4, -0.2) is 21.9 Å². The molecule has 7 heteroatoms. The number of aryl methyl sites for hydroxylation is 1. The Bertz CT molecular complexity index is 666. The Labute approximate surface area is 111 Å². The summed E-state index contributed by atoms with van der Waals surface area (Å²) in [7, 11) is 0. The summed E-state index contributed by atoms with van der Waals surface area (Å²) in [5, 5.41) is 11.4. The summed E-state index contributed by atoms with van der Waals surface area (Å²) in [6, 6.07) is 5.24. The van der Waals surface area contributed by atoms with Gasteiger partial charge < -0.3 is 5.32 Å². The van der Waals surface area contributed by atoms with Crippen molar-refractivity contribution >= 4 is 40.5 Å². The van der Waals surface area contributed by atoms with Crippen molar-refractivity contribution in [1.29, 1.82) is 0 Å². The Hall–Kier alpha value is -1.73. The number of nitrogens with zero attached hydrogens (tertiary/aromatic N) is 2. The van der Waals surface area contributed by atoms with E-state index in [1.54, 1.807) is 18.2 Å². The Morgan fingerprint density at radius 2 is 2.11 bits per heavy atom. The smallest absolute Gasteiger partial charge is 0.296 e. The molecule has 18 heavy (non-hydrogen) atoms. The molecule has 3 rings (SSSR count). The molecule has 1 aliphatic heterocycles. The molecule has 5 nitrogen and oxygen atoms in total. The Kier molecular flexibility index (Phi) is 2.64. The van der Waals surface area contributed by atoms with E-state index >= 15 is 0 Å². The monoisotopic (exact) mass is 277 g/mol. The lowest BCUT2D eigenvalue weighted by molar-refractivity contribution is -0.112. The number of anilines is 1. The van der Waals surface area contributed by atoms with Crippen molar-refractivity contribution in [3.05, 3.63) is 28.8 Å². The third-order valence-electron chi connectivity index (χ3n) is 2.40. The number of carbonyl (C=O) groups excluding carboxylic acids is 2. The van der Waals surface area contributed by atoms with Crippen LogP contribution < -0.4 is 5.32 Å². The summed E-state index contributed by atoms with van der Waals surface area (Å²) in [5.74, 6) is -1.05. The SMILES string of the molecule is Cc1nnc(Sc2ccc3c(c2)NC(=O)C3=O)s1. The Morgan fingerprint density at radius 1 is 1.28 bits per heavy atom. The molecular weight excluding hydrogens is 270 g/mol. The fraction of sp³-hybridized carbons (Fsp3) is 0.0909.